The molecule has 1 saturated carbocycles. The maximum absolute atomic E-state index is 12.7. The summed E-state index contributed by atoms with van der Waals surface area (Å²) < 4.78 is 0. The minimum Gasteiger partial charge on any atom is -0.332 e. The molecule has 148 valence electrons. The number of hydrogen-bond acceptors (Lipinski definition) is 2. The quantitative estimate of drug-likeness (QED) is 0.790. The molecule has 2 amide bonds. The first-order valence-corrected chi connectivity index (χ1v) is 10.2. The Balaban J connectivity index is 1.60. The molecule has 0 aliphatic heterocycles. The molecular formula is C24H30N2O2. The first kappa shape index (κ1) is 20.1. The summed E-state index contributed by atoms with van der Waals surface area (Å²) in [6.07, 6.45) is 6.41. The van der Waals surface area contributed by atoms with E-state index in [1.165, 1.54) is 42.6 Å². The van der Waals surface area contributed by atoms with Crippen LogP contribution in [0.15, 0.2) is 42.5 Å². The zero-order chi connectivity index (χ0) is 20.1. The van der Waals surface area contributed by atoms with Gasteiger partial charge in [-0.05, 0) is 61.4 Å². The van der Waals surface area contributed by atoms with E-state index < -0.39 is 0 Å². The van der Waals surface area contributed by atoms with Crippen LogP contribution in [0.5, 0.6) is 0 Å². The van der Waals surface area contributed by atoms with Crippen LogP contribution in [-0.2, 0) is 4.79 Å². The van der Waals surface area contributed by atoms with Gasteiger partial charge in [0.25, 0.3) is 5.91 Å². The predicted molar refractivity (Wildman–Crippen MR) is 114 cm³/mol. The van der Waals surface area contributed by atoms with Crippen molar-refractivity contribution < 1.29 is 9.59 Å². The molecule has 1 aliphatic carbocycles. The largest absolute Gasteiger partial charge is 0.332 e. The van der Waals surface area contributed by atoms with Gasteiger partial charge in [-0.25, -0.2) is 0 Å². The highest BCUT2D eigenvalue weighted by atomic mass is 16.2. The van der Waals surface area contributed by atoms with Crippen LogP contribution in [0.25, 0.3) is 0 Å². The van der Waals surface area contributed by atoms with Crippen molar-refractivity contribution in [2.24, 2.45) is 0 Å². The molecule has 0 atom stereocenters. The van der Waals surface area contributed by atoms with Crippen LogP contribution in [0.3, 0.4) is 0 Å². The molecule has 0 saturated heterocycles. The van der Waals surface area contributed by atoms with Crippen molar-refractivity contribution in [1.29, 1.82) is 0 Å². The van der Waals surface area contributed by atoms with Gasteiger partial charge in [-0.1, -0.05) is 49.6 Å². The highest BCUT2D eigenvalue weighted by molar-refractivity contribution is 5.99. The first-order valence-electron chi connectivity index (χ1n) is 10.2. The molecule has 2 aromatic rings. The summed E-state index contributed by atoms with van der Waals surface area (Å²) in [7, 11) is 1.67. The molecule has 0 heterocycles. The molecule has 0 unspecified atom stereocenters. The third-order valence-corrected chi connectivity index (χ3v) is 5.71. The van der Waals surface area contributed by atoms with Crippen LogP contribution >= 0.6 is 0 Å². The normalized spacial score (nSPS) is 14.5. The fourth-order valence-corrected chi connectivity index (χ4v) is 4.03. The average Bonchev–Trinajstić information content (AvgIpc) is 2.71. The Morgan fingerprint density at radius 2 is 1.57 bits per heavy atom. The Labute approximate surface area is 167 Å². The lowest BCUT2D eigenvalue weighted by Gasteiger charge is -2.22. The van der Waals surface area contributed by atoms with E-state index in [1.54, 1.807) is 7.05 Å². The molecule has 0 bridgehead atoms. The van der Waals surface area contributed by atoms with Crippen LogP contribution in [0.4, 0.5) is 5.69 Å². The van der Waals surface area contributed by atoms with Crippen molar-refractivity contribution in [2.75, 3.05) is 18.9 Å². The van der Waals surface area contributed by atoms with E-state index in [1.807, 2.05) is 44.2 Å². The number of likely N-dealkylation sites (N-methyl/N-ethyl adjacent to an activating group) is 1. The fraction of sp³-hybridized carbons (Fsp3) is 0.417. The number of rotatable bonds is 5. The van der Waals surface area contributed by atoms with Crippen LogP contribution in [0.1, 0.15) is 65.1 Å². The Kier molecular flexibility index (Phi) is 6.50. The van der Waals surface area contributed by atoms with Gasteiger partial charge < -0.3 is 10.2 Å². The Bertz CT molecular complexity index is 816. The molecule has 1 N–H and O–H groups in total. The van der Waals surface area contributed by atoms with Gasteiger partial charge in [-0.15, -0.1) is 0 Å². The third-order valence-electron chi connectivity index (χ3n) is 5.71. The van der Waals surface area contributed by atoms with E-state index in [-0.39, 0.29) is 18.4 Å². The summed E-state index contributed by atoms with van der Waals surface area (Å²) in [6.45, 7) is 3.95. The number of aryl methyl sites for hydroxylation is 2. The molecule has 0 radical (unpaired) electrons. The smallest absolute Gasteiger partial charge is 0.254 e. The summed E-state index contributed by atoms with van der Waals surface area (Å²) in [5.41, 5.74) is 4.81. The molecule has 1 aliphatic rings. The van der Waals surface area contributed by atoms with Gasteiger partial charge in [-0.3, -0.25) is 9.59 Å². The zero-order valence-electron chi connectivity index (χ0n) is 17.1. The maximum Gasteiger partial charge on any atom is 0.254 e. The van der Waals surface area contributed by atoms with Gasteiger partial charge in [0.2, 0.25) is 5.91 Å². The highest BCUT2D eigenvalue weighted by Gasteiger charge is 2.18. The second-order valence-electron chi connectivity index (χ2n) is 7.93. The number of para-hydroxylation sites is 1. The van der Waals surface area contributed by atoms with Gasteiger partial charge in [0.05, 0.1) is 6.54 Å². The summed E-state index contributed by atoms with van der Waals surface area (Å²) >= 11 is 0. The van der Waals surface area contributed by atoms with E-state index in [2.05, 4.69) is 17.4 Å². The highest BCUT2D eigenvalue weighted by Crippen LogP contribution is 2.32. The van der Waals surface area contributed by atoms with E-state index >= 15 is 0 Å². The standard InChI is InChI=1S/C24H30N2O2/c1-17-8-7-9-18(2)23(17)25-22(27)16-26(3)24(28)21-14-12-20(13-15-21)19-10-5-4-6-11-19/h7-9,12-15,19H,4-6,10-11,16H2,1-3H3,(H,25,27). The monoisotopic (exact) mass is 378 g/mol. The number of carbonyl (C=O) groups is 2. The minimum absolute atomic E-state index is 0.0248. The number of carbonyl (C=O) groups excluding carboxylic acids is 2. The summed E-state index contributed by atoms with van der Waals surface area (Å²) in [4.78, 5) is 26.6. The number of hydrogen-bond donors (Lipinski definition) is 1. The van der Waals surface area contributed by atoms with Crippen LogP contribution < -0.4 is 5.32 Å². The SMILES string of the molecule is Cc1cccc(C)c1NC(=O)CN(C)C(=O)c1ccc(C2CCCCC2)cc1. The summed E-state index contributed by atoms with van der Waals surface area (Å²) in [6, 6.07) is 13.8. The van der Waals surface area contributed by atoms with E-state index in [9.17, 15) is 9.59 Å². The molecule has 4 nitrogen and oxygen atoms in total. The van der Waals surface area contributed by atoms with Gasteiger partial charge in [0.1, 0.15) is 0 Å². The first-order chi connectivity index (χ1) is 13.5. The number of nitrogens with zero attached hydrogens (tertiary/aromatic N) is 1. The van der Waals surface area contributed by atoms with Crippen LogP contribution in [0.2, 0.25) is 0 Å². The predicted octanol–water partition coefficient (Wildman–Crippen LogP) is 5.06. The van der Waals surface area contributed by atoms with Crippen molar-refractivity contribution >= 4 is 17.5 Å². The molecule has 4 heteroatoms. The van der Waals surface area contributed by atoms with E-state index in [0.717, 1.165) is 16.8 Å². The Hall–Kier alpha value is -2.62. The number of benzene rings is 2. The second kappa shape index (κ2) is 9.05. The molecule has 3 rings (SSSR count). The Morgan fingerprint density at radius 3 is 2.18 bits per heavy atom. The number of amides is 2. The molecule has 28 heavy (non-hydrogen) atoms. The van der Waals surface area contributed by atoms with E-state index in [0.29, 0.717) is 11.5 Å². The maximum atomic E-state index is 12.7. The fourth-order valence-electron chi connectivity index (χ4n) is 4.03. The summed E-state index contributed by atoms with van der Waals surface area (Å²) in [5.74, 6) is 0.303. The van der Waals surface area contributed by atoms with Crippen molar-refractivity contribution in [3.05, 3.63) is 64.7 Å². The van der Waals surface area contributed by atoms with Crippen molar-refractivity contribution in [2.45, 2.75) is 51.9 Å². The van der Waals surface area contributed by atoms with Crippen molar-refractivity contribution in [3.63, 3.8) is 0 Å². The average molecular weight is 379 g/mol. The molecular weight excluding hydrogens is 348 g/mol. The molecule has 2 aromatic carbocycles. The molecule has 0 spiro atoms. The van der Waals surface area contributed by atoms with Crippen molar-refractivity contribution in [1.82, 2.24) is 4.90 Å². The lowest BCUT2D eigenvalue weighted by Crippen LogP contribution is -2.35. The zero-order valence-corrected chi connectivity index (χ0v) is 17.1. The lowest BCUT2D eigenvalue weighted by molar-refractivity contribution is -0.116. The second-order valence-corrected chi connectivity index (χ2v) is 7.93. The lowest BCUT2D eigenvalue weighted by atomic mass is 9.84. The van der Waals surface area contributed by atoms with Crippen molar-refractivity contribution in [3.8, 4) is 0 Å². The van der Waals surface area contributed by atoms with Gasteiger partial charge >= 0.3 is 0 Å². The van der Waals surface area contributed by atoms with Crippen LogP contribution in [0, 0.1) is 13.8 Å². The van der Waals surface area contributed by atoms with Crippen LogP contribution in [-0.4, -0.2) is 30.3 Å². The molecule has 0 aromatic heterocycles. The summed E-state index contributed by atoms with van der Waals surface area (Å²) in [5, 5.41) is 2.94. The van der Waals surface area contributed by atoms with Gasteiger partial charge in [0.15, 0.2) is 0 Å². The molecule has 1 fully saturated rings. The Morgan fingerprint density at radius 1 is 0.964 bits per heavy atom. The third kappa shape index (κ3) is 4.80. The topological polar surface area (TPSA) is 49.4 Å². The van der Waals surface area contributed by atoms with E-state index in [4.69, 9.17) is 0 Å². The van der Waals surface area contributed by atoms with Gasteiger partial charge in [0, 0.05) is 18.3 Å². The number of anilines is 1. The minimum atomic E-state index is -0.188. The number of nitrogens with one attached hydrogen (secondary N) is 1. The van der Waals surface area contributed by atoms with Gasteiger partial charge in [-0.2, -0.15) is 0 Å².